The van der Waals surface area contributed by atoms with Crippen LogP contribution in [-0.4, -0.2) is 27.0 Å². The SMILES string of the molecule is Cc1ccccc1OC(C)CSCc1n[nH]c(=O)[nH]1. The highest BCUT2D eigenvalue weighted by atomic mass is 32.2. The van der Waals surface area contributed by atoms with Gasteiger partial charge in [-0.3, -0.25) is 4.98 Å². The minimum absolute atomic E-state index is 0.108. The van der Waals surface area contributed by atoms with Crippen LogP contribution in [0.5, 0.6) is 5.75 Å². The summed E-state index contributed by atoms with van der Waals surface area (Å²) in [5.41, 5.74) is 0.871. The van der Waals surface area contributed by atoms with Crippen LogP contribution in [-0.2, 0) is 5.75 Å². The van der Waals surface area contributed by atoms with Gasteiger partial charge in [0.2, 0.25) is 0 Å². The van der Waals surface area contributed by atoms with Crippen molar-refractivity contribution in [2.24, 2.45) is 0 Å². The minimum Gasteiger partial charge on any atom is -0.490 e. The second-order valence-electron chi connectivity index (χ2n) is 4.33. The average Bonchev–Trinajstić information content (AvgIpc) is 2.78. The molecule has 5 nitrogen and oxygen atoms in total. The Labute approximate surface area is 115 Å². The normalized spacial score (nSPS) is 12.3. The fraction of sp³-hybridized carbons (Fsp3) is 0.385. The van der Waals surface area contributed by atoms with E-state index in [0.29, 0.717) is 11.6 Å². The van der Waals surface area contributed by atoms with Crippen molar-refractivity contribution >= 4 is 11.8 Å². The van der Waals surface area contributed by atoms with Crippen LogP contribution < -0.4 is 10.4 Å². The van der Waals surface area contributed by atoms with Gasteiger partial charge in [0, 0.05) is 5.75 Å². The molecule has 1 unspecified atom stereocenters. The molecule has 1 heterocycles. The Morgan fingerprint density at radius 2 is 2.21 bits per heavy atom. The standard InChI is InChI=1S/C13H17N3O2S/c1-9-5-3-4-6-11(9)18-10(2)7-19-8-12-14-13(17)16-15-12/h3-6,10H,7-8H2,1-2H3,(H2,14,15,16,17). The van der Waals surface area contributed by atoms with Gasteiger partial charge in [-0.25, -0.2) is 9.89 Å². The molecule has 0 aliphatic rings. The van der Waals surface area contributed by atoms with Crippen molar-refractivity contribution in [2.75, 3.05) is 5.75 Å². The molecule has 0 saturated heterocycles. The van der Waals surface area contributed by atoms with Crippen LogP contribution >= 0.6 is 11.8 Å². The lowest BCUT2D eigenvalue weighted by Crippen LogP contribution is -2.15. The van der Waals surface area contributed by atoms with Gasteiger partial charge in [0.25, 0.3) is 0 Å². The number of aryl methyl sites for hydroxylation is 1. The number of nitrogens with zero attached hydrogens (tertiary/aromatic N) is 1. The molecule has 102 valence electrons. The lowest BCUT2D eigenvalue weighted by molar-refractivity contribution is 0.245. The summed E-state index contributed by atoms with van der Waals surface area (Å²) < 4.78 is 5.87. The Balaban J connectivity index is 1.77. The molecule has 0 amide bonds. The van der Waals surface area contributed by atoms with Crippen LogP contribution in [0.4, 0.5) is 0 Å². The van der Waals surface area contributed by atoms with Gasteiger partial charge in [0.1, 0.15) is 17.7 Å². The first-order chi connectivity index (χ1) is 9.15. The van der Waals surface area contributed by atoms with E-state index < -0.39 is 0 Å². The monoisotopic (exact) mass is 279 g/mol. The van der Waals surface area contributed by atoms with E-state index in [1.165, 1.54) is 0 Å². The zero-order chi connectivity index (χ0) is 13.7. The van der Waals surface area contributed by atoms with Crippen molar-refractivity contribution in [1.29, 1.82) is 0 Å². The third-order valence-electron chi connectivity index (χ3n) is 2.56. The predicted molar refractivity (Wildman–Crippen MR) is 76.6 cm³/mol. The van der Waals surface area contributed by atoms with E-state index >= 15 is 0 Å². The number of ether oxygens (including phenoxy) is 1. The van der Waals surface area contributed by atoms with Crippen LogP contribution in [0.15, 0.2) is 29.1 Å². The number of H-pyrrole nitrogens is 2. The zero-order valence-electron chi connectivity index (χ0n) is 11.0. The van der Waals surface area contributed by atoms with Crippen molar-refractivity contribution in [3.63, 3.8) is 0 Å². The molecule has 2 rings (SSSR count). The number of aromatic nitrogens is 3. The van der Waals surface area contributed by atoms with Gasteiger partial charge in [-0.1, -0.05) is 18.2 Å². The first-order valence-electron chi connectivity index (χ1n) is 6.09. The van der Waals surface area contributed by atoms with Gasteiger partial charge in [-0.2, -0.15) is 16.9 Å². The molecule has 1 atom stereocenters. The van der Waals surface area contributed by atoms with Crippen molar-refractivity contribution in [2.45, 2.75) is 25.7 Å². The molecular weight excluding hydrogens is 262 g/mol. The minimum atomic E-state index is -0.264. The number of hydrogen-bond acceptors (Lipinski definition) is 4. The maximum absolute atomic E-state index is 10.9. The van der Waals surface area contributed by atoms with Crippen molar-refractivity contribution < 1.29 is 4.74 Å². The Morgan fingerprint density at radius 1 is 1.42 bits per heavy atom. The van der Waals surface area contributed by atoms with Crippen molar-refractivity contribution in [3.05, 3.63) is 46.1 Å². The number of benzene rings is 1. The maximum atomic E-state index is 10.9. The van der Waals surface area contributed by atoms with E-state index in [1.807, 2.05) is 38.1 Å². The molecule has 2 aromatic rings. The number of hydrogen-bond donors (Lipinski definition) is 2. The lowest BCUT2D eigenvalue weighted by Gasteiger charge is -2.15. The summed E-state index contributed by atoms with van der Waals surface area (Å²) >= 11 is 1.68. The number of para-hydroxylation sites is 1. The molecule has 6 heteroatoms. The highest BCUT2D eigenvalue weighted by Gasteiger charge is 2.07. The van der Waals surface area contributed by atoms with E-state index in [4.69, 9.17) is 4.74 Å². The molecular formula is C13H17N3O2S. The molecule has 0 bridgehead atoms. The molecule has 19 heavy (non-hydrogen) atoms. The van der Waals surface area contributed by atoms with Crippen molar-refractivity contribution in [3.8, 4) is 5.75 Å². The molecule has 0 spiro atoms. The first-order valence-corrected chi connectivity index (χ1v) is 7.24. The van der Waals surface area contributed by atoms with E-state index in [0.717, 1.165) is 17.1 Å². The second kappa shape index (κ2) is 6.47. The highest BCUT2D eigenvalue weighted by molar-refractivity contribution is 7.98. The molecule has 0 aliphatic heterocycles. The second-order valence-corrected chi connectivity index (χ2v) is 5.36. The summed E-state index contributed by atoms with van der Waals surface area (Å²) in [5.74, 6) is 3.09. The third-order valence-corrected chi connectivity index (χ3v) is 3.75. The smallest absolute Gasteiger partial charge is 0.340 e. The van der Waals surface area contributed by atoms with E-state index in [1.54, 1.807) is 11.8 Å². The molecule has 2 N–H and O–H groups in total. The topological polar surface area (TPSA) is 70.8 Å². The molecule has 0 aliphatic carbocycles. The van der Waals surface area contributed by atoms with E-state index in [-0.39, 0.29) is 11.8 Å². The van der Waals surface area contributed by atoms with Gasteiger partial charge < -0.3 is 4.74 Å². The third kappa shape index (κ3) is 4.17. The average molecular weight is 279 g/mol. The first kappa shape index (κ1) is 13.7. The molecule has 1 aromatic heterocycles. The maximum Gasteiger partial charge on any atom is 0.340 e. The summed E-state index contributed by atoms with van der Waals surface area (Å²) in [4.78, 5) is 13.5. The quantitative estimate of drug-likeness (QED) is 0.849. The number of aromatic amines is 2. The summed E-state index contributed by atoms with van der Waals surface area (Å²) in [6, 6.07) is 7.97. The zero-order valence-corrected chi connectivity index (χ0v) is 11.8. The number of thioether (sulfide) groups is 1. The summed E-state index contributed by atoms with van der Waals surface area (Å²) in [6.07, 6.45) is 0.108. The number of rotatable bonds is 6. The Hall–Kier alpha value is -1.69. The van der Waals surface area contributed by atoms with Gasteiger partial charge in [0.05, 0.1) is 5.75 Å². The van der Waals surface area contributed by atoms with Crippen LogP contribution in [0.25, 0.3) is 0 Å². The number of nitrogens with one attached hydrogen (secondary N) is 2. The fourth-order valence-corrected chi connectivity index (χ4v) is 2.48. The van der Waals surface area contributed by atoms with E-state index in [9.17, 15) is 4.79 Å². The lowest BCUT2D eigenvalue weighted by atomic mass is 10.2. The summed E-state index contributed by atoms with van der Waals surface area (Å²) in [5, 5.41) is 6.20. The highest BCUT2D eigenvalue weighted by Crippen LogP contribution is 2.19. The fourth-order valence-electron chi connectivity index (χ4n) is 1.63. The Morgan fingerprint density at radius 3 is 2.89 bits per heavy atom. The van der Waals surface area contributed by atoms with Crippen molar-refractivity contribution in [1.82, 2.24) is 15.2 Å². The summed E-state index contributed by atoms with van der Waals surface area (Å²) in [7, 11) is 0. The van der Waals surface area contributed by atoms with Crippen LogP contribution in [0, 0.1) is 6.92 Å². The predicted octanol–water partition coefficient (Wildman–Crippen LogP) is 2.11. The molecule has 1 aromatic carbocycles. The Kier molecular flexibility index (Phi) is 4.68. The van der Waals surface area contributed by atoms with Crippen LogP contribution in [0.2, 0.25) is 0 Å². The van der Waals surface area contributed by atoms with Crippen LogP contribution in [0.3, 0.4) is 0 Å². The van der Waals surface area contributed by atoms with Gasteiger partial charge >= 0.3 is 5.69 Å². The van der Waals surface area contributed by atoms with Gasteiger partial charge in [-0.15, -0.1) is 0 Å². The van der Waals surface area contributed by atoms with E-state index in [2.05, 4.69) is 15.2 Å². The summed E-state index contributed by atoms with van der Waals surface area (Å²) in [6.45, 7) is 4.07. The van der Waals surface area contributed by atoms with Gasteiger partial charge in [0.15, 0.2) is 0 Å². The Bertz CT molecular complexity index is 579. The molecule has 0 fully saturated rings. The van der Waals surface area contributed by atoms with Crippen LogP contribution in [0.1, 0.15) is 18.3 Å². The largest absolute Gasteiger partial charge is 0.490 e. The molecule has 0 radical (unpaired) electrons. The van der Waals surface area contributed by atoms with Gasteiger partial charge in [-0.05, 0) is 25.5 Å². The molecule has 0 saturated carbocycles.